The van der Waals surface area contributed by atoms with E-state index < -0.39 is 36.0 Å². The Kier molecular flexibility index (Phi) is 9.97. The molecule has 1 aliphatic carbocycles. The van der Waals surface area contributed by atoms with Crippen LogP contribution in [0.25, 0.3) is 0 Å². The average Bonchev–Trinajstić information content (AvgIpc) is 2.85. The van der Waals surface area contributed by atoms with Gasteiger partial charge in [0.25, 0.3) is 0 Å². The van der Waals surface area contributed by atoms with E-state index in [2.05, 4.69) is 10.6 Å². The summed E-state index contributed by atoms with van der Waals surface area (Å²) in [6.45, 7) is 4.73. The number of nitrogens with zero attached hydrogens (tertiary/aromatic N) is 1. The molecule has 2 N–H and O–H groups in total. The first-order valence-corrected chi connectivity index (χ1v) is 13.8. The highest BCUT2D eigenvalue weighted by molar-refractivity contribution is 7.98. The molecule has 3 amide bonds. The smallest absolute Gasteiger partial charge is 0.408 e. The van der Waals surface area contributed by atoms with E-state index in [0.717, 1.165) is 37.0 Å². The average molecular weight is 530 g/mol. The van der Waals surface area contributed by atoms with Crippen LogP contribution in [0.2, 0.25) is 0 Å². The molecule has 200 valence electrons. The van der Waals surface area contributed by atoms with Crippen LogP contribution >= 0.6 is 11.8 Å². The standard InChI is InChI=1S/C28H36FN3O4S/c1-28(2,3)36-27(35)30-18-24(33)32(21-14-10-11-19(29)17-21)25(22-15-8-9-16-23(22)37-4)26(34)31-20-12-6-5-7-13-20/h8-11,14-17,20,25H,5-7,12-13,18H2,1-4H3,(H,30,35)(H,31,34). The fraction of sp³-hybridized carbons (Fsp3) is 0.464. The number of nitrogens with one attached hydrogen (secondary N) is 2. The van der Waals surface area contributed by atoms with Gasteiger partial charge in [0, 0.05) is 16.6 Å². The zero-order chi connectivity index (χ0) is 27.0. The number of amides is 3. The van der Waals surface area contributed by atoms with Gasteiger partial charge < -0.3 is 15.4 Å². The van der Waals surface area contributed by atoms with Gasteiger partial charge in [-0.3, -0.25) is 14.5 Å². The monoisotopic (exact) mass is 529 g/mol. The molecule has 7 nitrogen and oxygen atoms in total. The van der Waals surface area contributed by atoms with Crippen molar-refractivity contribution in [3.05, 3.63) is 59.9 Å². The van der Waals surface area contributed by atoms with Gasteiger partial charge in [0.05, 0.1) is 0 Å². The number of halogens is 1. The number of rotatable bonds is 8. The number of hydrogen-bond donors (Lipinski definition) is 2. The third kappa shape index (κ3) is 8.21. The van der Waals surface area contributed by atoms with Gasteiger partial charge in [-0.05, 0) is 69.7 Å². The number of ether oxygens (including phenoxy) is 1. The second-order valence-electron chi connectivity index (χ2n) is 10.1. The van der Waals surface area contributed by atoms with Gasteiger partial charge in [0.15, 0.2) is 0 Å². The van der Waals surface area contributed by atoms with Crippen LogP contribution in [-0.2, 0) is 14.3 Å². The normalized spacial score (nSPS) is 14.9. The Morgan fingerprint density at radius 3 is 2.43 bits per heavy atom. The maximum Gasteiger partial charge on any atom is 0.408 e. The number of alkyl carbamates (subject to hydrolysis) is 1. The summed E-state index contributed by atoms with van der Waals surface area (Å²) in [7, 11) is 0. The maximum atomic E-state index is 14.3. The Morgan fingerprint density at radius 1 is 1.08 bits per heavy atom. The number of benzene rings is 2. The molecule has 3 rings (SSSR count). The van der Waals surface area contributed by atoms with Crippen LogP contribution < -0.4 is 15.5 Å². The van der Waals surface area contributed by atoms with Crippen LogP contribution in [0.4, 0.5) is 14.9 Å². The first-order valence-electron chi connectivity index (χ1n) is 12.6. The summed E-state index contributed by atoms with van der Waals surface area (Å²) in [6, 6.07) is 11.9. The molecule has 0 heterocycles. The summed E-state index contributed by atoms with van der Waals surface area (Å²) in [5.41, 5.74) is 0.101. The number of hydrogen-bond acceptors (Lipinski definition) is 5. The second-order valence-corrected chi connectivity index (χ2v) is 10.9. The molecule has 0 saturated heterocycles. The van der Waals surface area contributed by atoms with E-state index in [4.69, 9.17) is 4.74 Å². The number of carbonyl (C=O) groups excluding carboxylic acids is 3. The highest BCUT2D eigenvalue weighted by Gasteiger charge is 2.35. The second kappa shape index (κ2) is 12.9. The van der Waals surface area contributed by atoms with Crippen LogP contribution in [0.3, 0.4) is 0 Å². The highest BCUT2D eigenvalue weighted by atomic mass is 32.2. The Hall–Kier alpha value is -3.07. The molecular weight excluding hydrogens is 493 g/mol. The predicted octanol–water partition coefficient (Wildman–Crippen LogP) is 5.60. The van der Waals surface area contributed by atoms with Crippen LogP contribution in [0.5, 0.6) is 0 Å². The largest absolute Gasteiger partial charge is 0.444 e. The fourth-order valence-electron chi connectivity index (χ4n) is 4.43. The number of thioether (sulfide) groups is 1. The summed E-state index contributed by atoms with van der Waals surface area (Å²) in [5.74, 6) is -1.46. The molecular formula is C28H36FN3O4S. The summed E-state index contributed by atoms with van der Waals surface area (Å²) >= 11 is 1.46. The Labute approximate surface area is 222 Å². The summed E-state index contributed by atoms with van der Waals surface area (Å²) < 4.78 is 19.6. The lowest BCUT2D eigenvalue weighted by molar-refractivity contribution is -0.127. The van der Waals surface area contributed by atoms with E-state index in [1.165, 1.54) is 34.9 Å². The van der Waals surface area contributed by atoms with Crippen LogP contribution in [-0.4, -0.2) is 42.4 Å². The molecule has 0 aromatic heterocycles. The molecule has 1 fully saturated rings. The Bertz CT molecular complexity index is 1100. The zero-order valence-electron chi connectivity index (χ0n) is 21.9. The van der Waals surface area contributed by atoms with E-state index in [9.17, 15) is 18.8 Å². The topological polar surface area (TPSA) is 87.7 Å². The van der Waals surface area contributed by atoms with Crippen molar-refractivity contribution < 1.29 is 23.5 Å². The van der Waals surface area contributed by atoms with Crippen molar-refractivity contribution in [2.75, 3.05) is 17.7 Å². The molecule has 1 unspecified atom stereocenters. The lowest BCUT2D eigenvalue weighted by Gasteiger charge is -2.34. The lowest BCUT2D eigenvalue weighted by atomic mass is 9.94. The first kappa shape index (κ1) is 28.5. The predicted molar refractivity (Wildman–Crippen MR) is 144 cm³/mol. The molecule has 2 aromatic carbocycles. The van der Waals surface area contributed by atoms with Crippen LogP contribution in [0.15, 0.2) is 53.4 Å². The lowest BCUT2D eigenvalue weighted by Crippen LogP contribution is -2.50. The van der Waals surface area contributed by atoms with Crippen LogP contribution in [0.1, 0.15) is 64.5 Å². The third-order valence-electron chi connectivity index (χ3n) is 6.03. The molecule has 0 spiro atoms. The molecule has 0 bridgehead atoms. The highest BCUT2D eigenvalue weighted by Crippen LogP contribution is 2.34. The van der Waals surface area contributed by atoms with E-state index in [1.54, 1.807) is 32.9 Å². The Balaban J connectivity index is 2.01. The van der Waals surface area contributed by atoms with Gasteiger partial charge in [0.2, 0.25) is 11.8 Å². The summed E-state index contributed by atoms with van der Waals surface area (Å²) in [6.07, 6.45) is 6.08. The quantitative estimate of drug-likeness (QED) is 0.435. The van der Waals surface area contributed by atoms with Crippen molar-refractivity contribution in [1.82, 2.24) is 10.6 Å². The number of carbonyl (C=O) groups is 3. The number of anilines is 1. The Morgan fingerprint density at radius 2 is 1.78 bits per heavy atom. The van der Waals surface area contributed by atoms with E-state index in [1.807, 2.05) is 24.5 Å². The van der Waals surface area contributed by atoms with E-state index >= 15 is 0 Å². The van der Waals surface area contributed by atoms with Gasteiger partial charge in [-0.25, -0.2) is 9.18 Å². The molecule has 1 saturated carbocycles. The van der Waals surface area contributed by atoms with Crippen molar-refractivity contribution >= 4 is 35.4 Å². The molecule has 2 aromatic rings. The third-order valence-corrected chi connectivity index (χ3v) is 6.84. The van der Waals surface area contributed by atoms with Gasteiger partial charge in [-0.15, -0.1) is 11.8 Å². The van der Waals surface area contributed by atoms with E-state index in [-0.39, 0.29) is 17.6 Å². The molecule has 1 atom stereocenters. The van der Waals surface area contributed by atoms with Gasteiger partial charge in [-0.2, -0.15) is 0 Å². The minimum Gasteiger partial charge on any atom is -0.444 e. The molecule has 0 aliphatic heterocycles. The van der Waals surface area contributed by atoms with Gasteiger partial charge in [-0.1, -0.05) is 43.5 Å². The van der Waals surface area contributed by atoms with Crippen molar-refractivity contribution in [1.29, 1.82) is 0 Å². The molecule has 9 heteroatoms. The first-order chi connectivity index (χ1) is 17.6. The van der Waals surface area contributed by atoms with Gasteiger partial charge in [0.1, 0.15) is 24.0 Å². The fourth-order valence-corrected chi connectivity index (χ4v) is 5.06. The van der Waals surface area contributed by atoms with Crippen molar-refractivity contribution in [2.45, 2.75) is 75.5 Å². The molecule has 1 aliphatic rings. The zero-order valence-corrected chi connectivity index (χ0v) is 22.7. The SMILES string of the molecule is CSc1ccccc1C(C(=O)NC1CCCCC1)N(C(=O)CNC(=O)OC(C)(C)C)c1cccc(F)c1. The van der Waals surface area contributed by atoms with Crippen molar-refractivity contribution in [2.24, 2.45) is 0 Å². The van der Waals surface area contributed by atoms with Crippen molar-refractivity contribution in [3.63, 3.8) is 0 Å². The summed E-state index contributed by atoms with van der Waals surface area (Å²) in [4.78, 5) is 41.9. The molecule has 37 heavy (non-hydrogen) atoms. The summed E-state index contributed by atoms with van der Waals surface area (Å²) in [5, 5.41) is 5.61. The minimum atomic E-state index is -1.07. The maximum absolute atomic E-state index is 14.3. The van der Waals surface area contributed by atoms with Gasteiger partial charge >= 0.3 is 6.09 Å². The van der Waals surface area contributed by atoms with E-state index in [0.29, 0.717) is 5.56 Å². The van der Waals surface area contributed by atoms with Crippen LogP contribution in [0, 0.1) is 5.82 Å². The molecule has 0 radical (unpaired) electrons. The minimum absolute atomic E-state index is 0.00883. The van der Waals surface area contributed by atoms with Crippen molar-refractivity contribution in [3.8, 4) is 0 Å².